The lowest BCUT2D eigenvalue weighted by atomic mass is 9.92. The maximum atomic E-state index is 15.5. The Labute approximate surface area is 162 Å². The van der Waals surface area contributed by atoms with E-state index in [2.05, 4.69) is 0 Å². The molecule has 0 unspecified atom stereocenters. The first-order chi connectivity index (χ1) is 13.6. The molecule has 1 aromatic heterocycles. The summed E-state index contributed by atoms with van der Waals surface area (Å²) in [5, 5.41) is 8.30. The van der Waals surface area contributed by atoms with Gasteiger partial charge in [-0.05, 0) is 19.8 Å². The van der Waals surface area contributed by atoms with Gasteiger partial charge in [0.1, 0.15) is 11.3 Å². The number of alkyl halides is 1. The lowest BCUT2D eigenvalue weighted by Crippen LogP contribution is -2.45. The van der Waals surface area contributed by atoms with Crippen molar-refractivity contribution in [3.63, 3.8) is 0 Å². The Kier molecular flexibility index (Phi) is 4.38. The highest BCUT2D eigenvalue weighted by Gasteiger charge is 2.43. The molecule has 1 aliphatic heterocycles. The van der Waals surface area contributed by atoms with E-state index < -0.39 is 69.1 Å². The van der Waals surface area contributed by atoms with E-state index in [1.165, 1.54) is 4.57 Å². The van der Waals surface area contributed by atoms with Crippen molar-refractivity contribution >= 4 is 22.6 Å². The minimum atomic E-state index is -1.62. The van der Waals surface area contributed by atoms with Crippen LogP contribution in [0.4, 0.5) is 23.2 Å². The summed E-state index contributed by atoms with van der Waals surface area (Å²) >= 11 is 0. The van der Waals surface area contributed by atoms with Gasteiger partial charge in [-0.2, -0.15) is 0 Å². The third-order valence-corrected chi connectivity index (χ3v) is 5.85. The Morgan fingerprint density at radius 3 is 2.45 bits per heavy atom. The molecule has 0 amide bonds. The molecule has 1 saturated heterocycles. The fourth-order valence-electron chi connectivity index (χ4n) is 4.03. The van der Waals surface area contributed by atoms with E-state index >= 15 is 4.39 Å². The molecule has 2 heterocycles. The fourth-order valence-corrected chi connectivity index (χ4v) is 4.03. The highest BCUT2D eigenvalue weighted by Crippen LogP contribution is 2.42. The second-order valence-electron chi connectivity index (χ2n) is 8.07. The van der Waals surface area contributed by atoms with Gasteiger partial charge in [-0.1, -0.05) is 0 Å². The number of hydrogen-bond acceptors (Lipinski definition) is 4. The smallest absolute Gasteiger partial charge is 0.341 e. The molecular weight excluding hydrogens is 394 g/mol. The maximum absolute atomic E-state index is 15.5. The Morgan fingerprint density at radius 2 is 1.93 bits per heavy atom. The summed E-state index contributed by atoms with van der Waals surface area (Å²) in [6, 6.07) is -0.319. The van der Waals surface area contributed by atoms with Gasteiger partial charge in [-0.3, -0.25) is 9.18 Å². The lowest BCUT2D eigenvalue weighted by Gasteiger charge is -2.25. The molecule has 1 saturated carbocycles. The van der Waals surface area contributed by atoms with E-state index in [0.717, 1.165) is 11.1 Å². The number of carboxylic acids is 1. The second-order valence-corrected chi connectivity index (χ2v) is 8.07. The van der Waals surface area contributed by atoms with Crippen molar-refractivity contribution in [1.82, 2.24) is 4.57 Å². The summed E-state index contributed by atoms with van der Waals surface area (Å²) in [4.78, 5) is 25.0. The van der Waals surface area contributed by atoms with Crippen LogP contribution in [0.15, 0.2) is 11.0 Å². The summed E-state index contributed by atoms with van der Waals surface area (Å²) < 4.78 is 59.9. The van der Waals surface area contributed by atoms with Crippen molar-refractivity contribution in [3.05, 3.63) is 39.4 Å². The number of benzene rings is 1. The van der Waals surface area contributed by atoms with Gasteiger partial charge < -0.3 is 20.3 Å². The topological polar surface area (TPSA) is 88.6 Å². The number of hydrogen-bond donors (Lipinski definition) is 2. The molecule has 0 bridgehead atoms. The van der Waals surface area contributed by atoms with Crippen molar-refractivity contribution < 1.29 is 27.5 Å². The van der Waals surface area contributed by atoms with Gasteiger partial charge in [-0.15, -0.1) is 0 Å². The van der Waals surface area contributed by atoms with Crippen LogP contribution in [0.1, 0.15) is 36.2 Å². The highest BCUT2D eigenvalue weighted by atomic mass is 19.2. The SMILES string of the molecule is C[C@]1(N)CN(c2c(F)c(F)c3c(=O)c(C(=O)O)cn(C4CC4)c3c2F)C[C@@H]1CF. The summed E-state index contributed by atoms with van der Waals surface area (Å²) in [5.41, 5.74) is 1.69. The first-order valence-corrected chi connectivity index (χ1v) is 9.16. The van der Waals surface area contributed by atoms with Gasteiger partial charge in [0.25, 0.3) is 0 Å². The van der Waals surface area contributed by atoms with Crippen molar-refractivity contribution in [3.8, 4) is 0 Å². The Morgan fingerprint density at radius 1 is 1.28 bits per heavy atom. The van der Waals surface area contributed by atoms with Gasteiger partial charge in [0.05, 0.1) is 17.6 Å². The number of nitrogens with zero attached hydrogens (tertiary/aromatic N) is 2. The van der Waals surface area contributed by atoms with Crippen LogP contribution in [0.2, 0.25) is 0 Å². The number of carbonyl (C=O) groups is 1. The van der Waals surface area contributed by atoms with Crippen molar-refractivity contribution in [2.24, 2.45) is 11.7 Å². The van der Waals surface area contributed by atoms with E-state index in [4.69, 9.17) is 5.73 Å². The molecule has 2 aliphatic rings. The average Bonchev–Trinajstić information content (AvgIpc) is 3.43. The Hall–Kier alpha value is -2.62. The number of nitrogens with two attached hydrogens (primary N) is 1. The molecule has 2 fully saturated rings. The molecular formula is C19H19F4N3O3. The van der Waals surface area contributed by atoms with Gasteiger partial charge >= 0.3 is 5.97 Å². The van der Waals surface area contributed by atoms with Crippen LogP contribution in [0.3, 0.4) is 0 Å². The highest BCUT2D eigenvalue weighted by molar-refractivity contribution is 5.94. The van der Waals surface area contributed by atoms with E-state index in [-0.39, 0.29) is 19.1 Å². The average molecular weight is 413 g/mol. The molecule has 0 spiro atoms. The molecule has 156 valence electrons. The standard InChI is InChI=1S/C19H19F4N3O3/c1-19(24)7-25(5-8(19)4-20)16-13(22)12(21)11-15(14(16)23)26(9-2-3-9)6-10(17(11)27)18(28)29/h6,8-9H,2-5,7,24H2,1H3,(H,28,29)/t8-,19-/m0/s1. The summed E-state index contributed by atoms with van der Waals surface area (Å²) in [5.74, 6) is -6.75. The number of fused-ring (bicyclic) bond motifs is 1. The van der Waals surface area contributed by atoms with Crippen LogP contribution < -0.4 is 16.1 Å². The maximum Gasteiger partial charge on any atom is 0.341 e. The van der Waals surface area contributed by atoms with Crippen LogP contribution in [0, 0.1) is 23.4 Å². The molecule has 0 radical (unpaired) electrons. The number of carboxylic acid groups (broad SMARTS) is 1. The number of halogens is 4. The molecule has 1 aromatic carbocycles. The number of pyridine rings is 1. The first-order valence-electron chi connectivity index (χ1n) is 9.16. The van der Waals surface area contributed by atoms with Crippen molar-refractivity contribution in [1.29, 1.82) is 0 Å². The van der Waals surface area contributed by atoms with Crippen LogP contribution in [0.5, 0.6) is 0 Å². The van der Waals surface area contributed by atoms with Crippen LogP contribution >= 0.6 is 0 Å². The van der Waals surface area contributed by atoms with Gasteiger partial charge in [0.2, 0.25) is 5.43 Å². The predicted molar refractivity (Wildman–Crippen MR) is 97.6 cm³/mol. The molecule has 1 aliphatic carbocycles. The van der Waals surface area contributed by atoms with Crippen LogP contribution in [-0.2, 0) is 0 Å². The number of aromatic carboxylic acids is 1. The summed E-state index contributed by atoms with van der Waals surface area (Å²) in [7, 11) is 0. The van der Waals surface area contributed by atoms with Gasteiger partial charge in [-0.25, -0.2) is 18.0 Å². The molecule has 3 N–H and O–H groups in total. The third-order valence-electron chi connectivity index (χ3n) is 5.85. The van der Waals surface area contributed by atoms with Crippen LogP contribution in [-0.4, -0.2) is 40.9 Å². The molecule has 4 rings (SSSR count). The minimum absolute atomic E-state index is 0.110. The second kappa shape index (κ2) is 6.45. The zero-order valence-corrected chi connectivity index (χ0v) is 15.5. The van der Waals surface area contributed by atoms with E-state index in [1.807, 2.05) is 0 Å². The normalized spacial score (nSPS) is 24.5. The van der Waals surface area contributed by atoms with Crippen LogP contribution in [0.25, 0.3) is 10.9 Å². The quantitative estimate of drug-likeness (QED) is 0.594. The van der Waals surface area contributed by atoms with E-state index in [1.54, 1.807) is 6.92 Å². The summed E-state index contributed by atoms with van der Waals surface area (Å²) in [6.45, 7) is 0.506. The zero-order valence-electron chi connectivity index (χ0n) is 15.5. The fraction of sp³-hybridized carbons (Fsp3) is 0.474. The number of anilines is 1. The monoisotopic (exact) mass is 413 g/mol. The van der Waals surface area contributed by atoms with Gasteiger partial charge in [0, 0.05) is 36.8 Å². The Balaban J connectivity index is 2.02. The Bertz CT molecular complexity index is 1090. The number of aromatic nitrogens is 1. The molecule has 2 atom stereocenters. The van der Waals surface area contributed by atoms with E-state index in [0.29, 0.717) is 12.8 Å². The molecule has 10 heteroatoms. The predicted octanol–water partition coefficient (Wildman–Crippen LogP) is 2.58. The first kappa shape index (κ1) is 19.7. The number of rotatable bonds is 4. The van der Waals surface area contributed by atoms with Crippen molar-refractivity contribution in [2.75, 3.05) is 24.7 Å². The molecule has 6 nitrogen and oxygen atoms in total. The van der Waals surface area contributed by atoms with E-state index in [9.17, 15) is 27.9 Å². The minimum Gasteiger partial charge on any atom is -0.477 e. The van der Waals surface area contributed by atoms with Gasteiger partial charge in [0.15, 0.2) is 17.5 Å². The lowest BCUT2D eigenvalue weighted by molar-refractivity contribution is 0.0694. The third kappa shape index (κ3) is 2.88. The molecule has 2 aromatic rings. The molecule has 29 heavy (non-hydrogen) atoms. The van der Waals surface area contributed by atoms with Crippen molar-refractivity contribution in [2.45, 2.75) is 31.3 Å². The zero-order chi connectivity index (χ0) is 21.2. The largest absolute Gasteiger partial charge is 0.477 e. The summed E-state index contributed by atoms with van der Waals surface area (Å²) in [6.07, 6.45) is 2.13.